The highest BCUT2D eigenvalue weighted by atomic mass is 16.2. The molecule has 0 radical (unpaired) electrons. The number of nitrogens with one attached hydrogen (secondary N) is 1. The fraction of sp³-hybridized carbons (Fsp3) is 0.417. The fourth-order valence-corrected chi connectivity index (χ4v) is 4.13. The molecule has 1 fully saturated rings. The number of fused-ring (bicyclic) bond motifs is 1. The summed E-state index contributed by atoms with van der Waals surface area (Å²) in [4.78, 5) is 27.4. The van der Waals surface area contributed by atoms with Crippen molar-refractivity contribution in [1.82, 2.24) is 10.2 Å². The first-order chi connectivity index (χ1) is 14.6. The van der Waals surface area contributed by atoms with Gasteiger partial charge in [-0.3, -0.25) is 9.59 Å². The van der Waals surface area contributed by atoms with Crippen LogP contribution in [0.1, 0.15) is 37.7 Å². The third kappa shape index (κ3) is 4.51. The van der Waals surface area contributed by atoms with E-state index in [1.54, 1.807) is 4.90 Å². The van der Waals surface area contributed by atoms with Gasteiger partial charge in [-0.25, -0.2) is 0 Å². The zero-order valence-corrected chi connectivity index (χ0v) is 17.0. The zero-order valence-electron chi connectivity index (χ0n) is 17.0. The normalized spacial score (nSPS) is 18.9. The lowest BCUT2D eigenvalue weighted by Crippen LogP contribution is -2.47. The quantitative estimate of drug-likeness (QED) is 0.687. The van der Waals surface area contributed by atoms with E-state index < -0.39 is 11.7 Å². The third-order valence-corrected chi connectivity index (χ3v) is 5.92. The Bertz CT molecular complexity index is 1020. The van der Waals surface area contributed by atoms with Crippen LogP contribution in [0, 0.1) is 12.3 Å². The van der Waals surface area contributed by atoms with E-state index in [0.717, 1.165) is 29.2 Å². The van der Waals surface area contributed by atoms with Gasteiger partial charge in [0.25, 0.3) is 0 Å². The Morgan fingerprint density at radius 3 is 2.73 bits per heavy atom. The van der Waals surface area contributed by atoms with Gasteiger partial charge in [0.1, 0.15) is 6.04 Å². The van der Waals surface area contributed by atoms with Crippen LogP contribution in [0.2, 0.25) is 0 Å². The van der Waals surface area contributed by atoms with E-state index >= 15 is 0 Å². The maximum absolute atomic E-state index is 12.9. The molecule has 0 aromatic heterocycles. The molecule has 1 N–H and O–H groups in total. The molecule has 2 aliphatic rings. The van der Waals surface area contributed by atoms with Crippen LogP contribution in [0.5, 0.6) is 0 Å². The standard InChI is InChI=1S/C24H26N4O2/c1-2-3-12-24(26-27-24)13-14-25-23(30)21-9-6-15-28(21)22(29)17-18-10-11-19-7-4-5-8-20(19)16-18/h1,4-5,7-8,10-11,16,21H,3,6,9,12-15,17H2,(H,25,30). The smallest absolute Gasteiger partial charge is 0.242 e. The maximum Gasteiger partial charge on any atom is 0.242 e. The first-order valence-electron chi connectivity index (χ1n) is 10.5. The Morgan fingerprint density at radius 1 is 1.17 bits per heavy atom. The highest BCUT2D eigenvalue weighted by Gasteiger charge is 2.39. The molecule has 1 unspecified atom stereocenters. The van der Waals surface area contributed by atoms with Crippen molar-refractivity contribution in [3.63, 3.8) is 0 Å². The Kier molecular flexibility index (Phi) is 5.80. The summed E-state index contributed by atoms with van der Waals surface area (Å²) < 4.78 is 0. The molecule has 6 heteroatoms. The number of hydrogen-bond donors (Lipinski definition) is 1. The lowest BCUT2D eigenvalue weighted by atomic mass is 10.0. The first kappa shape index (κ1) is 20.1. The Hall–Kier alpha value is -3.20. The Balaban J connectivity index is 1.31. The van der Waals surface area contributed by atoms with Crippen LogP contribution >= 0.6 is 0 Å². The van der Waals surface area contributed by atoms with Gasteiger partial charge in [0, 0.05) is 32.4 Å². The summed E-state index contributed by atoms with van der Waals surface area (Å²) in [5, 5.41) is 13.4. The molecule has 1 saturated heterocycles. The van der Waals surface area contributed by atoms with Crippen LogP contribution < -0.4 is 5.32 Å². The minimum Gasteiger partial charge on any atom is -0.354 e. The average molecular weight is 402 g/mol. The van der Waals surface area contributed by atoms with E-state index in [0.29, 0.717) is 38.8 Å². The summed E-state index contributed by atoms with van der Waals surface area (Å²) >= 11 is 0. The van der Waals surface area contributed by atoms with Gasteiger partial charge < -0.3 is 10.2 Å². The molecule has 0 bridgehead atoms. The minimum atomic E-state index is -0.402. The van der Waals surface area contributed by atoms with E-state index in [4.69, 9.17) is 6.42 Å². The highest BCUT2D eigenvalue weighted by molar-refractivity contribution is 5.90. The van der Waals surface area contributed by atoms with Crippen molar-refractivity contribution in [1.29, 1.82) is 0 Å². The van der Waals surface area contributed by atoms with Gasteiger partial charge in [-0.15, -0.1) is 12.3 Å². The van der Waals surface area contributed by atoms with Crippen LogP contribution in [-0.4, -0.2) is 41.5 Å². The Labute approximate surface area is 176 Å². The van der Waals surface area contributed by atoms with Gasteiger partial charge in [0.05, 0.1) is 6.42 Å². The molecular weight excluding hydrogens is 376 g/mol. The van der Waals surface area contributed by atoms with Crippen molar-refractivity contribution in [2.45, 2.75) is 50.2 Å². The van der Waals surface area contributed by atoms with E-state index in [-0.39, 0.29) is 11.8 Å². The van der Waals surface area contributed by atoms with E-state index in [2.05, 4.69) is 33.6 Å². The molecule has 2 amide bonds. The molecule has 30 heavy (non-hydrogen) atoms. The van der Waals surface area contributed by atoms with Gasteiger partial charge >= 0.3 is 0 Å². The van der Waals surface area contributed by atoms with Gasteiger partial charge in [-0.2, -0.15) is 10.2 Å². The molecule has 0 spiro atoms. The van der Waals surface area contributed by atoms with Crippen LogP contribution in [0.4, 0.5) is 0 Å². The van der Waals surface area contributed by atoms with Crippen LogP contribution in [-0.2, 0) is 16.0 Å². The summed E-state index contributed by atoms with van der Waals surface area (Å²) in [6.07, 6.45) is 9.16. The van der Waals surface area contributed by atoms with Crippen LogP contribution in [0.15, 0.2) is 52.7 Å². The number of rotatable bonds is 8. The van der Waals surface area contributed by atoms with Crippen molar-refractivity contribution < 1.29 is 9.59 Å². The first-order valence-corrected chi connectivity index (χ1v) is 10.5. The number of amides is 2. The fourth-order valence-electron chi connectivity index (χ4n) is 4.13. The number of nitrogens with zero attached hydrogens (tertiary/aromatic N) is 3. The van der Waals surface area contributed by atoms with Crippen molar-refractivity contribution in [2.24, 2.45) is 10.2 Å². The molecular formula is C24H26N4O2. The summed E-state index contributed by atoms with van der Waals surface area (Å²) in [5.74, 6) is 2.51. The summed E-state index contributed by atoms with van der Waals surface area (Å²) in [6.45, 7) is 1.11. The van der Waals surface area contributed by atoms with Gasteiger partial charge in [0.2, 0.25) is 11.8 Å². The zero-order chi connectivity index (χ0) is 21.0. The molecule has 2 aromatic rings. The van der Waals surface area contributed by atoms with Crippen LogP contribution in [0.3, 0.4) is 0 Å². The molecule has 2 aliphatic heterocycles. The van der Waals surface area contributed by atoms with Crippen molar-refractivity contribution in [3.05, 3.63) is 48.0 Å². The predicted molar refractivity (Wildman–Crippen MR) is 116 cm³/mol. The third-order valence-electron chi connectivity index (χ3n) is 5.92. The minimum absolute atomic E-state index is 0.000569. The summed E-state index contributed by atoms with van der Waals surface area (Å²) in [6, 6.07) is 13.8. The molecule has 6 nitrogen and oxygen atoms in total. The lowest BCUT2D eigenvalue weighted by Gasteiger charge is -2.24. The van der Waals surface area contributed by atoms with Gasteiger partial charge in [-0.05, 0) is 29.2 Å². The molecule has 4 rings (SSSR count). The Morgan fingerprint density at radius 2 is 1.97 bits per heavy atom. The topological polar surface area (TPSA) is 74.1 Å². The number of benzene rings is 2. The number of hydrogen-bond acceptors (Lipinski definition) is 4. The number of carbonyl (C=O) groups excluding carboxylic acids is 2. The number of carbonyl (C=O) groups is 2. The second-order valence-electron chi connectivity index (χ2n) is 8.03. The summed E-state index contributed by atoms with van der Waals surface area (Å²) in [7, 11) is 0. The number of likely N-dealkylation sites (tertiary alicyclic amines) is 1. The molecule has 2 aromatic carbocycles. The molecule has 1 atom stereocenters. The van der Waals surface area contributed by atoms with E-state index in [9.17, 15) is 9.59 Å². The van der Waals surface area contributed by atoms with Gasteiger partial charge in [0.15, 0.2) is 5.66 Å². The maximum atomic E-state index is 12.9. The lowest BCUT2D eigenvalue weighted by molar-refractivity contribution is -0.137. The monoisotopic (exact) mass is 402 g/mol. The summed E-state index contributed by atoms with van der Waals surface area (Å²) in [5.41, 5.74) is 0.568. The second kappa shape index (κ2) is 8.66. The predicted octanol–water partition coefficient (Wildman–Crippen LogP) is 3.46. The van der Waals surface area contributed by atoms with Crippen molar-refractivity contribution >= 4 is 22.6 Å². The SMILES string of the molecule is C#CCCC1(CCNC(=O)C2CCCN2C(=O)Cc2ccc3ccccc3c2)N=N1. The molecule has 0 saturated carbocycles. The van der Waals surface area contributed by atoms with Crippen LogP contribution in [0.25, 0.3) is 10.8 Å². The van der Waals surface area contributed by atoms with E-state index in [1.165, 1.54) is 0 Å². The van der Waals surface area contributed by atoms with Gasteiger partial charge in [-0.1, -0.05) is 42.5 Å². The molecule has 2 heterocycles. The second-order valence-corrected chi connectivity index (χ2v) is 8.03. The number of terminal acetylenes is 1. The molecule has 154 valence electrons. The van der Waals surface area contributed by atoms with E-state index in [1.807, 2.05) is 30.3 Å². The average Bonchev–Trinajstić information content (AvgIpc) is 3.34. The van der Waals surface area contributed by atoms with Crippen molar-refractivity contribution in [3.8, 4) is 12.3 Å². The largest absolute Gasteiger partial charge is 0.354 e. The molecule has 0 aliphatic carbocycles. The highest BCUT2D eigenvalue weighted by Crippen LogP contribution is 2.36. The van der Waals surface area contributed by atoms with Crippen molar-refractivity contribution in [2.75, 3.05) is 13.1 Å².